The number of amides is 1. The van der Waals surface area contributed by atoms with Crippen molar-refractivity contribution in [3.63, 3.8) is 0 Å². The maximum atomic E-state index is 12.1. The molecule has 0 spiro atoms. The van der Waals surface area contributed by atoms with E-state index < -0.39 is 26.0 Å². The Balaban J connectivity index is 5.11. The van der Waals surface area contributed by atoms with E-state index in [1.807, 2.05) is 13.8 Å². The van der Waals surface area contributed by atoms with E-state index in [1.54, 1.807) is 0 Å². The van der Waals surface area contributed by atoms with E-state index in [-0.39, 0.29) is 0 Å². The molecule has 0 aliphatic rings. The van der Waals surface area contributed by atoms with Gasteiger partial charge in [-0.05, 0) is 26.7 Å². The molecule has 0 rings (SSSR count). The first kappa shape index (κ1) is 16.4. The molecule has 5 nitrogen and oxygen atoms in total. The summed E-state index contributed by atoms with van der Waals surface area (Å²) in [5.41, 5.74) is 5.15. The molecule has 0 saturated heterocycles. The summed E-state index contributed by atoms with van der Waals surface area (Å²) in [6.07, 6.45) is 2.41. The van der Waals surface area contributed by atoms with Gasteiger partial charge in [-0.25, -0.2) is 8.42 Å². The topological polar surface area (TPSA) is 89.3 Å². The van der Waals surface area contributed by atoms with Crippen LogP contribution in [0.2, 0.25) is 0 Å². The monoisotopic (exact) mass is 264 g/mol. The first-order chi connectivity index (χ1) is 7.56. The highest BCUT2D eigenvalue weighted by Gasteiger charge is 2.41. The molecule has 0 aromatic heterocycles. The molecule has 0 aliphatic carbocycles. The number of nitrogens with two attached hydrogens (primary N) is 1. The van der Waals surface area contributed by atoms with Crippen molar-refractivity contribution in [3.8, 4) is 0 Å². The van der Waals surface area contributed by atoms with Gasteiger partial charge in [-0.2, -0.15) is 0 Å². The maximum absolute atomic E-state index is 12.1. The van der Waals surface area contributed by atoms with E-state index in [1.165, 1.54) is 13.8 Å². The third-order valence-corrected chi connectivity index (χ3v) is 5.64. The Morgan fingerprint density at radius 2 is 1.65 bits per heavy atom. The molecule has 0 aliphatic heterocycles. The lowest BCUT2D eigenvalue weighted by atomic mass is 9.92. The van der Waals surface area contributed by atoms with Crippen LogP contribution < -0.4 is 11.1 Å². The molecular formula is C11H24N2O3S. The zero-order chi connectivity index (χ0) is 13.9. The SMILES string of the molecule is CCC(CC)(CN)NC(=O)C(C)(C)S(C)(=O)=O. The number of nitrogens with one attached hydrogen (secondary N) is 1. The van der Waals surface area contributed by atoms with Gasteiger partial charge in [0.25, 0.3) is 0 Å². The molecule has 0 bridgehead atoms. The lowest BCUT2D eigenvalue weighted by molar-refractivity contribution is -0.124. The molecule has 0 heterocycles. The van der Waals surface area contributed by atoms with Crippen LogP contribution in [0.1, 0.15) is 40.5 Å². The van der Waals surface area contributed by atoms with Crippen molar-refractivity contribution in [2.75, 3.05) is 12.8 Å². The van der Waals surface area contributed by atoms with Crippen molar-refractivity contribution in [1.29, 1.82) is 0 Å². The Labute approximate surface area is 104 Å². The lowest BCUT2D eigenvalue weighted by Gasteiger charge is -2.34. The standard InChI is InChI=1S/C11H24N2O3S/c1-6-11(7-2,8-12)13-9(14)10(3,4)17(5,15)16/h6-8,12H2,1-5H3,(H,13,14). The zero-order valence-corrected chi connectivity index (χ0v) is 12.1. The van der Waals surface area contributed by atoms with E-state index in [4.69, 9.17) is 5.73 Å². The van der Waals surface area contributed by atoms with Crippen LogP contribution in [0.25, 0.3) is 0 Å². The summed E-state index contributed by atoms with van der Waals surface area (Å²) in [6, 6.07) is 0. The van der Waals surface area contributed by atoms with E-state index in [9.17, 15) is 13.2 Å². The van der Waals surface area contributed by atoms with Gasteiger partial charge >= 0.3 is 0 Å². The molecule has 0 aromatic carbocycles. The molecule has 3 N–H and O–H groups in total. The molecular weight excluding hydrogens is 240 g/mol. The second kappa shape index (κ2) is 5.35. The van der Waals surface area contributed by atoms with Crippen LogP contribution in [0.15, 0.2) is 0 Å². The minimum Gasteiger partial charge on any atom is -0.348 e. The summed E-state index contributed by atoms with van der Waals surface area (Å²) >= 11 is 0. The molecule has 1 amide bonds. The van der Waals surface area contributed by atoms with Crippen molar-refractivity contribution < 1.29 is 13.2 Å². The Bertz CT molecular complexity index is 362. The summed E-state index contributed by atoms with van der Waals surface area (Å²) in [5.74, 6) is -0.492. The maximum Gasteiger partial charge on any atom is 0.241 e. The Morgan fingerprint density at radius 3 is 1.88 bits per heavy atom. The third-order valence-electron chi connectivity index (χ3n) is 3.60. The molecule has 0 aromatic rings. The summed E-state index contributed by atoms with van der Waals surface area (Å²) in [4.78, 5) is 12.1. The number of carbonyl (C=O) groups is 1. The fraction of sp³-hybridized carbons (Fsp3) is 0.909. The molecule has 0 fully saturated rings. The minimum atomic E-state index is -3.45. The van der Waals surface area contributed by atoms with Gasteiger partial charge in [0, 0.05) is 12.8 Å². The predicted molar refractivity (Wildman–Crippen MR) is 69.4 cm³/mol. The third kappa shape index (κ3) is 3.42. The lowest BCUT2D eigenvalue weighted by Crippen LogP contribution is -2.59. The second-order valence-electron chi connectivity index (χ2n) is 4.93. The van der Waals surface area contributed by atoms with E-state index in [2.05, 4.69) is 5.32 Å². The molecule has 17 heavy (non-hydrogen) atoms. The number of rotatable bonds is 6. The van der Waals surface area contributed by atoms with E-state index >= 15 is 0 Å². The molecule has 0 unspecified atom stereocenters. The van der Waals surface area contributed by atoms with E-state index in [0.29, 0.717) is 19.4 Å². The van der Waals surface area contributed by atoms with Crippen molar-refractivity contribution in [2.45, 2.75) is 50.8 Å². The second-order valence-corrected chi connectivity index (χ2v) is 7.49. The van der Waals surface area contributed by atoms with Crippen LogP contribution in [-0.2, 0) is 14.6 Å². The average Bonchev–Trinajstić information content (AvgIpc) is 2.24. The van der Waals surface area contributed by atoms with Gasteiger partial charge in [-0.1, -0.05) is 13.8 Å². The highest BCUT2D eigenvalue weighted by molar-refractivity contribution is 7.92. The normalized spacial score (nSPS) is 13.5. The fourth-order valence-corrected chi connectivity index (χ4v) is 1.71. The van der Waals surface area contributed by atoms with Crippen LogP contribution in [0.4, 0.5) is 0 Å². The van der Waals surface area contributed by atoms with E-state index in [0.717, 1.165) is 6.26 Å². The van der Waals surface area contributed by atoms with Gasteiger partial charge < -0.3 is 11.1 Å². The average molecular weight is 264 g/mol. The van der Waals surface area contributed by atoms with Crippen LogP contribution in [0.3, 0.4) is 0 Å². The van der Waals surface area contributed by atoms with Crippen molar-refractivity contribution in [2.24, 2.45) is 5.73 Å². The van der Waals surface area contributed by atoms with Crippen LogP contribution in [-0.4, -0.2) is 37.4 Å². The Hall–Kier alpha value is -0.620. The highest BCUT2D eigenvalue weighted by atomic mass is 32.2. The van der Waals surface area contributed by atoms with Crippen molar-refractivity contribution in [3.05, 3.63) is 0 Å². The molecule has 0 atom stereocenters. The molecule has 6 heteroatoms. The summed E-state index contributed by atoms with van der Waals surface area (Å²) < 4.78 is 21.7. The highest BCUT2D eigenvalue weighted by Crippen LogP contribution is 2.20. The van der Waals surface area contributed by atoms with Gasteiger partial charge in [0.05, 0.1) is 5.54 Å². The van der Waals surface area contributed by atoms with Crippen LogP contribution >= 0.6 is 0 Å². The van der Waals surface area contributed by atoms with Crippen molar-refractivity contribution in [1.82, 2.24) is 5.32 Å². The van der Waals surface area contributed by atoms with Gasteiger partial charge in [0.1, 0.15) is 4.75 Å². The van der Waals surface area contributed by atoms with Crippen LogP contribution in [0.5, 0.6) is 0 Å². The van der Waals surface area contributed by atoms with Crippen molar-refractivity contribution >= 4 is 15.7 Å². The predicted octanol–water partition coefficient (Wildman–Crippen LogP) is 0.443. The number of hydrogen-bond donors (Lipinski definition) is 2. The minimum absolute atomic E-state index is 0.297. The number of hydrogen-bond acceptors (Lipinski definition) is 4. The van der Waals surface area contributed by atoms with Gasteiger partial charge in [-0.15, -0.1) is 0 Å². The van der Waals surface area contributed by atoms with Gasteiger partial charge in [-0.3, -0.25) is 4.79 Å². The smallest absolute Gasteiger partial charge is 0.241 e. The molecule has 0 saturated carbocycles. The summed E-state index contributed by atoms with van der Waals surface area (Å²) in [7, 11) is -3.45. The summed E-state index contributed by atoms with van der Waals surface area (Å²) in [5, 5.41) is 2.78. The first-order valence-electron chi connectivity index (χ1n) is 5.78. The number of sulfone groups is 1. The molecule has 102 valence electrons. The quantitative estimate of drug-likeness (QED) is 0.728. The fourth-order valence-electron chi connectivity index (χ4n) is 1.33. The largest absolute Gasteiger partial charge is 0.348 e. The Morgan fingerprint density at radius 1 is 1.24 bits per heavy atom. The first-order valence-corrected chi connectivity index (χ1v) is 7.67. The number of carbonyl (C=O) groups excluding carboxylic acids is 1. The molecule has 0 radical (unpaired) electrons. The van der Waals surface area contributed by atoms with Crippen LogP contribution in [0, 0.1) is 0 Å². The Kier molecular flexibility index (Phi) is 5.16. The zero-order valence-electron chi connectivity index (χ0n) is 11.3. The van der Waals surface area contributed by atoms with Gasteiger partial charge in [0.2, 0.25) is 5.91 Å². The summed E-state index contributed by atoms with van der Waals surface area (Å²) in [6.45, 7) is 6.95. The van der Waals surface area contributed by atoms with Gasteiger partial charge in [0.15, 0.2) is 9.84 Å².